The van der Waals surface area contributed by atoms with Crippen LogP contribution in [0.5, 0.6) is 5.75 Å². The molecule has 0 amide bonds. The number of ether oxygens (including phenoxy) is 2. The molecule has 5 nitrogen and oxygen atoms in total. The summed E-state index contributed by atoms with van der Waals surface area (Å²) in [4.78, 5) is 4.43. The van der Waals surface area contributed by atoms with Crippen LogP contribution in [0.1, 0.15) is 24.0 Å². The fourth-order valence-electron chi connectivity index (χ4n) is 2.53. The zero-order chi connectivity index (χ0) is 14.5. The maximum atomic E-state index is 6.10. The zero-order valence-electron chi connectivity index (χ0n) is 12.9. The monoisotopic (exact) mass is 417 g/mol. The largest absolute Gasteiger partial charge is 0.488 e. The minimum atomic E-state index is 0. The molecular weight excluding hydrogens is 393 g/mol. The van der Waals surface area contributed by atoms with Crippen LogP contribution in [0, 0.1) is 6.92 Å². The van der Waals surface area contributed by atoms with E-state index >= 15 is 0 Å². The van der Waals surface area contributed by atoms with Crippen molar-refractivity contribution in [3.05, 3.63) is 29.3 Å². The van der Waals surface area contributed by atoms with E-state index in [1.54, 1.807) is 0 Å². The zero-order valence-corrected chi connectivity index (χ0v) is 15.3. The van der Waals surface area contributed by atoms with Gasteiger partial charge in [-0.1, -0.05) is 12.1 Å². The van der Waals surface area contributed by atoms with E-state index in [-0.39, 0.29) is 30.1 Å². The Morgan fingerprint density at radius 3 is 3.09 bits per heavy atom. The molecule has 122 valence electrons. The number of hydrogen-bond donors (Lipinski definition) is 2. The fraction of sp³-hybridized carbons (Fsp3) is 0.562. The lowest BCUT2D eigenvalue weighted by Gasteiger charge is -2.19. The smallest absolute Gasteiger partial charge is 0.191 e. The quantitative estimate of drug-likeness (QED) is 0.738. The highest BCUT2D eigenvalue weighted by molar-refractivity contribution is 14.0. The van der Waals surface area contributed by atoms with Gasteiger partial charge in [0.05, 0.1) is 13.2 Å². The average molecular weight is 417 g/mol. The van der Waals surface area contributed by atoms with Crippen molar-refractivity contribution in [1.82, 2.24) is 10.6 Å². The van der Waals surface area contributed by atoms with Crippen molar-refractivity contribution in [1.29, 1.82) is 0 Å². The lowest BCUT2D eigenvalue weighted by Crippen LogP contribution is -2.40. The van der Waals surface area contributed by atoms with E-state index in [2.05, 4.69) is 40.7 Å². The van der Waals surface area contributed by atoms with Crippen LogP contribution in [0.3, 0.4) is 0 Å². The van der Waals surface area contributed by atoms with E-state index in [9.17, 15) is 0 Å². The number of aryl methyl sites for hydroxylation is 1. The topological polar surface area (TPSA) is 54.9 Å². The van der Waals surface area contributed by atoms with Gasteiger partial charge in [0, 0.05) is 31.6 Å². The van der Waals surface area contributed by atoms with Crippen LogP contribution in [0.2, 0.25) is 0 Å². The average Bonchev–Trinajstić information content (AvgIpc) is 3.00. The minimum absolute atomic E-state index is 0. The number of nitrogens with zero attached hydrogens (tertiary/aromatic N) is 1. The summed E-state index contributed by atoms with van der Waals surface area (Å²) in [6.45, 7) is 6.17. The molecule has 3 rings (SSSR count). The summed E-state index contributed by atoms with van der Waals surface area (Å²) in [6.07, 6.45) is 2.25. The van der Waals surface area contributed by atoms with Crippen LogP contribution in [0.25, 0.3) is 0 Å². The van der Waals surface area contributed by atoms with Gasteiger partial charge in [0.2, 0.25) is 0 Å². The fourth-order valence-corrected chi connectivity index (χ4v) is 2.53. The van der Waals surface area contributed by atoms with E-state index in [4.69, 9.17) is 9.47 Å². The number of hydrogen-bond acceptors (Lipinski definition) is 5. The Morgan fingerprint density at radius 2 is 2.36 bits per heavy atom. The standard InChI is InChI=1S/C16H23N3O2.HI/c1-12-3-4-13(10-19-16-17-6-2-7-18-16)15(9-12)21-14-5-8-20-11-14;/h3-4,9,14H,2,5-8,10-11H2,1H3,(H2,17,18,19);1H. The van der Waals surface area contributed by atoms with Gasteiger partial charge < -0.3 is 20.1 Å². The van der Waals surface area contributed by atoms with Crippen molar-refractivity contribution in [3.63, 3.8) is 0 Å². The third-order valence-electron chi connectivity index (χ3n) is 3.75. The van der Waals surface area contributed by atoms with Crippen molar-refractivity contribution >= 4 is 29.9 Å². The molecule has 22 heavy (non-hydrogen) atoms. The van der Waals surface area contributed by atoms with Gasteiger partial charge in [0.1, 0.15) is 11.9 Å². The molecule has 0 spiro atoms. The Hall–Kier alpha value is -1.02. The maximum Gasteiger partial charge on any atom is 0.191 e. The Morgan fingerprint density at radius 1 is 1.45 bits per heavy atom. The summed E-state index contributed by atoms with van der Waals surface area (Å²) >= 11 is 0. The van der Waals surface area contributed by atoms with Crippen LogP contribution in [0.15, 0.2) is 23.2 Å². The molecule has 0 saturated carbocycles. The normalized spacial score (nSPS) is 20.6. The Bertz CT molecular complexity index is 516. The van der Waals surface area contributed by atoms with E-state index in [1.165, 1.54) is 5.56 Å². The van der Waals surface area contributed by atoms with Crippen LogP contribution in [0.4, 0.5) is 0 Å². The van der Waals surface area contributed by atoms with Crippen molar-refractivity contribution in [2.75, 3.05) is 26.3 Å². The van der Waals surface area contributed by atoms with Gasteiger partial charge in [-0.05, 0) is 25.0 Å². The van der Waals surface area contributed by atoms with Gasteiger partial charge in [-0.3, -0.25) is 4.99 Å². The van der Waals surface area contributed by atoms with Crippen LogP contribution in [-0.4, -0.2) is 38.4 Å². The van der Waals surface area contributed by atoms with E-state index in [1.807, 2.05) is 0 Å². The summed E-state index contributed by atoms with van der Waals surface area (Å²) in [5.74, 6) is 1.84. The third-order valence-corrected chi connectivity index (χ3v) is 3.75. The second kappa shape index (κ2) is 8.57. The van der Waals surface area contributed by atoms with Gasteiger partial charge in [-0.25, -0.2) is 0 Å². The molecule has 2 heterocycles. The lowest BCUT2D eigenvalue weighted by atomic mass is 10.1. The molecule has 1 aromatic rings. The number of halogens is 1. The third kappa shape index (κ3) is 4.74. The number of rotatable bonds is 4. The maximum absolute atomic E-state index is 6.10. The summed E-state index contributed by atoms with van der Waals surface area (Å²) in [7, 11) is 0. The second-order valence-corrected chi connectivity index (χ2v) is 5.58. The molecule has 0 bridgehead atoms. The number of guanidine groups is 1. The summed E-state index contributed by atoms with van der Waals surface area (Å²) < 4.78 is 11.5. The predicted octanol–water partition coefficient (Wildman–Crippen LogP) is 2.22. The van der Waals surface area contributed by atoms with Gasteiger partial charge in [-0.15, -0.1) is 24.0 Å². The van der Waals surface area contributed by atoms with E-state index < -0.39 is 0 Å². The molecule has 2 aliphatic heterocycles. The highest BCUT2D eigenvalue weighted by Crippen LogP contribution is 2.23. The molecule has 0 aliphatic carbocycles. The Labute approximate surface area is 148 Å². The van der Waals surface area contributed by atoms with E-state index in [0.717, 1.165) is 56.4 Å². The van der Waals surface area contributed by atoms with Gasteiger partial charge in [0.25, 0.3) is 0 Å². The van der Waals surface area contributed by atoms with Crippen LogP contribution in [-0.2, 0) is 11.3 Å². The van der Waals surface area contributed by atoms with Gasteiger partial charge >= 0.3 is 0 Å². The molecule has 1 atom stereocenters. The molecule has 1 fully saturated rings. The lowest BCUT2D eigenvalue weighted by molar-refractivity contribution is 0.140. The first-order valence-electron chi connectivity index (χ1n) is 7.67. The van der Waals surface area contributed by atoms with Gasteiger partial charge in [0.15, 0.2) is 5.96 Å². The molecule has 6 heteroatoms. The second-order valence-electron chi connectivity index (χ2n) is 5.58. The van der Waals surface area contributed by atoms with Crippen molar-refractivity contribution in [3.8, 4) is 5.75 Å². The molecule has 2 N–H and O–H groups in total. The molecular formula is C16H24IN3O2. The van der Waals surface area contributed by atoms with Crippen molar-refractivity contribution in [2.45, 2.75) is 32.4 Å². The number of aliphatic imine (C=N–C) groups is 1. The first-order valence-corrected chi connectivity index (χ1v) is 7.67. The highest BCUT2D eigenvalue weighted by atomic mass is 127. The molecule has 2 aliphatic rings. The molecule has 1 aromatic carbocycles. The highest BCUT2D eigenvalue weighted by Gasteiger charge is 2.18. The van der Waals surface area contributed by atoms with Crippen molar-refractivity contribution in [2.24, 2.45) is 4.99 Å². The molecule has 1 saturated heterocycles. The molecule has 0 aromatic heterocycles. The minimum Gasteiger partial charge on any atom is -0.488 e. The van der Waals surface area contributed by atoms with Crippen LogP contribution < -0.4 is 15.4 Å². The Kier molecular flexibility index (Phi) is 6.75. The summed E-state index contributed by atoms with van der Waals surface area (Å²) in [5.41, 5.74) is 2.36. The van der Waals surface area contributed by atoms with Gasteiger partial charge in [-0.2, -0.15) is 0 Å². The Balaban J connectivity index is 0.00000176. The SMILES string of the molecule is Cc1ccc(CNC2=NCCCN2)c(OC2CCOC2)c1.I. The number of benzene rings is 1. The first-order chi connectivity index (χ1) is 10.3. The van der Waals surface area contributed by atoms with Crippen LogP contribution >= 0.6 is 24.0 Å². The predicted molar refractivity (Wildman–Crippen MR) is 98.2 cm³/mol. The summed E-state index contributed by atoms with van der Waals surface area (Å²) in [6, 6.07) is 6.34. The molecule has 0 radical (unpaired) electrons. The van der Waals surface area contributed by atoms with Crippen molar-refractivity contribution < 1.29 is 9.47 Å². The number of nitrogens with one attached hydrogen (secondary N) is 2. The summed E-state index contributed by atoms with van der Waals surface area (Å²) in [5, 5.41) is 6.62. The molecule has 1 unspecified atom stereocenters. The first kappa shape index (κ1) is 17.3. The van der Waals surface area contributed by atoms with E-state index in [0.29, 0.717) is 6.61 Å².